The molecule has 0 aliphatic carbocycles. The first-order valence-corrected chi connectivity index (χ1v) is 12.1. The van der Waals surface area contributed by atoms with Gasteiger partial charge < -0.3 is 10.2 Å². The Bertz CT molecular complexity index is 961. The lowest BCUT2D eigenvalue weighted by Crippen LogP contribution is -2.30. The Morgan fingerprint density at radius 3 is 2.50 bits per heavy atom. The summed E-state index contributed by atoms with van der Waals surface area (Å²) < 4.78 is 27.1. The van der Waals surface area contributed by atoms with E-state index < -0.39 is 10.0 Å². The van der Waals surface area contributed by atoms with E-state index in [-0.39, 0.29) is 15.8 Å². The van der Waals surface area contributed by atoms with Gasteiger partial charge in [0.15, 0.2) is 0 Å². The summed E-state index contributed by atoms with van der Waals surface area (Å²) in [5.41, 5.74) is 1.45. The highest BCUT2D eigenvalue weighted by Gasteiger charge is 2.29. The number of rotatable bonds is 9. The Balaban J connectivity index is 1.59. The topological polar surface area (TPSA) is 69.7 Å². The predicted molar refractivity (Wildman–Crippen MR) is 121 cm³/mol. The highest BCUT2D eigenvalue weighted by molar-refractivity contribution is 7.89. The fraction of sp³-hybridized carbons (Fsp3) is 0.409. The van der Waals surface area contributed by atoms with Gasteiger partial charge in [-0.1, -0.05) is 29.8 Å². The zero-order chi connectivity index (χ0) is 21.6. The standard InChI is InChI=1S/C22H28ClN3O3S/c1-2-25(19-9-4-3-5-10-19)14-8-13-24-22(27)18-11-12-20(23)21(17-18)30(28,29)26-15-6-7-16-26/h3-5,9-12,17H,2,6-8,13-16H2,1H3,(H,24,27). The van der Waals surface area contributed by atoms with Crippen LogP contribution in [0.5, 0.6) is 0 Å². The van der Waals surface area contributed by atoms with Crippen molar-refractivity contribution >= 4 is 33.2 Å². The van der Waals surface area contributed by atoms with E-state index in [4.69, 9.17) is 11.6 Å². The molecule has 3 rings (SSSR count). The van der Waals surface area contributed by atoms with Gasteiger partial charge in [-0.15, -0.1) is 0 Å². The van der Waals surface area contributed by atoms with E-state index in [1.54, 1.807) is 6.07 Å². The van der Waals surface area contributed by atoms with Crippen LogP contribution in [0.25, 0.3) is 0 Å². The molecule has 30 heavy (non-hydrogen) atoms. The van der Waals surface area contributed by atoms with Crippen LogP contribution in [-0.4, -0.2) is 51.4 Å². The molecule has 1 N–H and O–H groups in total. The van der Waals surface area contributed by atoms with Gasteiger partial charge in [0.25, 0.3) is 5.91 Å². The second-order valence-corrected chi connectivity index (χ2v) is 9.59. The second kappa shape index (κ2) is 10.3. The first kappa shape index (κ1) is 22.6. The van der Waals surface area contributed by atoms with E-state index in [1.807, 2.05) is 18.2 Å². The van der Waals surface area contributed by atoms with Crippen LogP contribution < -0.4 is 10.2 Å². The molecule has 8 heteroatoms. The van der Waals surface area contributed by atoms with Gasteiger partial charge in [-0.25, -0.2) is 8.42 Å². The van der Waals surface area contributed by atoms with Crippen LogP contribution in [0.1, 0.15) is 36.5 Å². The third kappa shape index (κ3) is 5.33. The quantitative estimate of drug-likeness (QED) is 0.591. The van der Waals surface area contributed by atoms with Crippen LogP contribution in [0.3, 0.4) is 0 Å². The van der Waals surface area contributed by atoms with Crippen LogP contribution >= 0.6 is 11.6 Å². The lowest BCUT2D eigenvalue weighted by atomic mass is 10.2. The molecule has 2 aromatic carbocycles. The maximum Gasteiger partial charge on any atom is 0.251 e. The fourth-order valence-electron chi connectivity index (χ4n) is 3.59. The summed E-state index contributed by atoms with van der Waals surface area (Å²) in [6, 6.07) is 14.6. The van der Waals surface area contributed by atoms with Crippen molar-refractivity contribution in [2.45, 2.75) is 31.1 Å². The number of sulfonamides is 1. The van der Waals surface area contributed by atoms with Crippen LogP contribution in [0.4, 0.5) is 5.69 Å². The van der Waals surface area contributed by atoms with E-state index in [2.05, 4.69) is 29.3 Å². The average Bonchev–Trinajstić information content (AvgIpc) is 3.30. The Labute approximate surface area is 183 Å². The minimum Gasteiger partial charge on any atom is -0.372 e. The number of halogens is 1. The Kier molecular flexibility index (Phi) is 7.75. The maximum atomic E-state index is 12.8. The Hall–Kier alpha value is -2.09. The molecule has 0 bridgehead atoms. The summed E-state index contributed by atoms with van der Waals surface area (Å²) in [7, 11) is -3.68. The van der Waals surface area contributed by atoms with Crippen molar-refractivity contribution < 1.29 is 13.2 Å². The molecule has 6 nitrogen and oxygen atoms in total. The molecule has 2 aromatic rings. The van der Waals surface area contributed by atoms with Gasteiger partial charge >= 0.3 is 0 Å². The number of anilines is 1. The highest BCUT2D eigenvalue weighted by atomic mass is 35.5. The Morgan fingerprint density at radius 1 is 1.13 bits per heavy atom. The van der Waals surface area contributed by atoms with Gasteiger partial charge in [-0.3, -0.25) is 4.79 Å². The number of nitrogens with zero attached hydrogens (tertiary/aromatic N) is 2. The van der Waals surface area contributed by atoms with Gasteiger partial charge in [0, 0.05) is 44.0 Å². The van der Waals surface area contributed by atoms with E-state index in [0.717, 1.165) is 38.0 Å². The van der Waals surface area contributed by atoms with Gasteiger partial charge in [-0.05, 0) is 56.5 Å². The summed E-state index contributed by atoms with van der Waals surface area (Å²) in [6.07, 6.45) is 2.46. The number of para-hydroxylation sites is 1. The van der Waals surface area contributed by atoms with Crippen LogP contribution in [0.15, 0.2) is 53.4 Å². The molecule has 1 amide bonds. The summed E-state index contributed by atoms with van der Waals surface area (Å²) in [6.45, 7) is 5.28. The molecule has 1 heterocycles. The first-order chi connectivity index (χ1) is 14.4. The molecule has 0 atom stereocenters. The van der Waals surface area contributed by atoms with Crippen molar-refractivity contribution in [3.05, 3.63) is 59.1 Å². The molecule has 0 radical (unpaired) electrons. The van der Waals surface area contributed by atoms with Crippen molar-refractivity contribution in [3.8, 4) is 0 Å². The molecule has 0 spiro atoms. The smallest absolute Gasteiger partial charge is 0.251 e. The van der Waals surface area contributed by atoms with Gasteiger partial charge in [0.1, 0.15) is 4.90 Å². The van der Waals surface area contributed by atoms with E-state index in [9.17, 15) is 13.2 Å². The number of hydrogen-bond acceptors (Lipinski definition) is 4. The second-order valence-electron chi connectivity index (χ2n) is 7.28. The largest absolute Gasteiger partial charge is 0.372 e. The van der Waals surface area contributed by atoms with Crippen molar-refractivity contribution in [3.63, 3.8) is 0 Å². The van der Waals surface area contributed by atoms with Gasteiger partial charge in [-0.2, -0.15) is 4.31 Å². The third-order valence-corrected chi connectivity index (χ3v) is 7.65. The highest BCUT2D eigenvalue weighted by Crippen LogP contribution is 2.28. The van der Waals surface area contributed by atoms with E-state index in [0.29, 0.717) is 25.2 Å². The Morgan fingerprint density at radius 2 is 1.83 bits per heavy atom. The molecular formula is C22H28ClN3O3S. The van der Waals surface area contributed by atoms with Gasteiger partial charge in [0.05, 0.1) is 5.02 Å². The SMILES string of the molecule is CCN(CCCNC(=O)c1ccc(Cl)c(S(=O)(=O)N2CCCC2)c1)c1ccccc1. The van der Waals surface area contributed by atoms with Crippen LogP contribution in [0, 0.1) is 0 Å². The number of hydrogen-bond donors (Lipinski definition) is 1. The number of carbonyl (C=O) groups is 1. The predicted octanol–water partition coefficient (Wildman–Crippen LogP) is 3.77. The zero-order valence-electron chi connectivity index (χ0n) is 17.2. The molecule has 0 aromatic heterocycles. The normalized spacial score (nSPS) is 14.6. The van der Waals surface area contributed by atoms with Crippen LogP contribution in [-0.2, 0) is 10.0 Å². The monoisotopic (exact) mass is 449 g/mol. The molecule has 162 valence electrons. The van der Waals surface area contributed by atoms with E-state index in [1.165, 1.54) is 16.4 Å². The maximum absolute atomic E-state index is 12.8. The molecule has 0 unspecified atom stereocenters. The third-order valence-electron chi connectivity index (χ3n) is 5.27. The lowest BCUT2D eigenvalue weighted by molar-refractivity contribution is 0.0953. The van der Waals surface area contributed by atoms with Crippen LogP contribution in [0.2, 0.25) is 5.02 Å². The van der Waals surface area contributed by atoms with Crippen molar-refractivity contribution in [1.29, 1.82) is 0 Å². The fourth-order valence-corrected chi connectivity index (χ4v) is 5.61. The minimum absolute atomic E-state index is 0.0000441. The minimum atomic E-state index is -3.68. The van der Waals surface area contributed by atoms with Crippen molar-refractivity contribution in [2.75, 3.05) is 37.6 Å². The molecular weight excluding hydrogens is 422 g/mol. The molecule has 1 aliphatic rings. The molecule has 0 saturated carbocycles. The number of carbonyl (C=O) groups excluding carboxylic acids is 1. The summed E-state index contributed by atoms with van der Waals surface area (Å²) >= 11 is 6.16. The first-order valence-electron chi connectivity index (χ1n) is 10.3. The molecule has 1 fully saturated rings. The molecule has 1 saturated heterocycles. The summed E-state index contributed by atoms with van der Waals surface area (Å²) in [5.74, 6) is -0.299. The number of amides is 1. The van der Waals surface area contributed by atoms with E-state index >= 15 is 0 Å². The lowest BCUT2D eigenvalue weighted by Gasteiger charge is -2.23. The summed E-state index contributed by atoms with van der Waals surface area (Å²) in [4.78, 5) is 14.8. The zero-order valence-corrected chi connectivity index (χ0v) is 18.8. The number of nitrogens with one attached hydrogen (secondary N) is 1. The summed E-state index contributed by atoms with van der Waals surface area (Å²) in [5, 5.41) is 3.02. The molecule has 1 aliphatic heterocycles. The van der Waals surface area contributed by atoms with Crippen molar-refractivity contribution in [2.24, 2.45) is 0 Å². The van der Waals surface area contributed by atoms with Crippen molar-refractivity contribution in [1.82, 2.24) is 9.62 Å². The number of benzene rings is 2. The van der Waals surface area contributed by atoms with Gasteiger partial charge in [0.2, 0.25) is 10.0 Å². The average molecular weight is 450 g/mol.